The molecule has 0 amide bonds. The maximum absolute atomic E-state index is 13.1. The first-order chi connectivity index (χ1) is 15.7. The Morgan fingerprint density at radius 2 is 1.82 bits per heavy atom. The normalized spacial score (nSPS) is 11.4. The van der Waals surface area contributed by atoms with Crippen molar-refractivity contribution in [3.8, 4) is 17.0 Å². The molecule has 4 aromatic rings. The number of rotatable bonds is 6. The maximum Gasteiger partial charge on any atom is 0.267 e. The quantitative estimate of drug-likeness (QED) is 0.374. The fraction of sp³-hybridized carbons (Fsp3) is 0.136. The number of pyridine rings is 1. The van der Waals surface area contributed by atoms with Crippen LogP contribution in [0.3, 0.4) is 0 Å². The van der Waals surface area contributed by atoms with Gasteiger partial charge in [0.25, 0.3) is 10.0 Å². The molecule has 8 nitrogen and oxygen atoms in total. The number of methoxy groups -OCH3 is 1. The summed E-state index contributed by atoms with van der Waals surface area (Å²) in [5, 5.41) is 4.14. The second-order valence-corrected chi connectivity index (χ2v) is 9.57. The van der Waals surface area contributed by atoms with Gasteiger partial charge in [-0.3, -0.25) is 4.72 Å². The number of fused-ring (bicyclic) bond motifs is 1. The standard InChI is InChI=1S/C22H19Cl2N5O3S/c1-12-7-18-13(10-27-22(25-2)28-18)8-16(12)15-5-4-6-17(20(15)24)29-33(30,31)19-9-14(23)11-26-21(19)32-3/h4-11,29H,1-3H3,(H,25,27,28). The van der Waals surface area contributed by atoms with E-state index >= 15 is 0 Å². The summed E-state index contributed by atoms with van der Waals surface area (Å²) in [5.74, 6) is 0.445. The summed E-state index contributed by atoms with van der Waals surface area (Å²) < 4.78 is 33.7. The third-order valence-corrected chi connectivity index (χ3v) is 6.92. The number of nitrogens with one attached hydrogen (secondary N) is 2. The van der Waals surface area contributed by atoms with Gasteiger partial charge in [-0.2, -0.15) is 0 Å². The zero-order valence-corrected chi connectivity index (χ0v) is 20.2. The second-order valence-electron chi connectivity index (χ2n) is 7.10. The fourth-order valence-corrected chi connectivity index (χ4v) is 5.14. The highest BCUT2D eigenvalue weighted by atomic mass is 35.5. The van der Waals surface area contributed by atoms with Crippen LogP contribution in [-0.2, 0) is 10.0 Å². The molecule has 0 radical (unpaired) electrons. The van der Waals surface area contributed by atoms with E-state index in [1.165, 1.54) is 19.4 Å². The lowest BCUT2D eigenvalue weighted by Crippen LogP contribution is -2.15. The first kappa shape index (κ1) is 23.0. The van der Waals surface area contributed by atoms with E-state index in [-0.39, 0.29) is 26.5 Å². The molecule has 0 aliphatic heterocycles. The van der Waals surface area contributed by atoms with E-state index < -0.39 is 10.0 Å². The minimum atomic E-state index is -4.09. The molecule has 0 unspecified atom stereocenters. The van der Waals surface area contributed by atoms with E-state index in [0.29, 0.717) is 11.5 Å². The molecule has 0 aliphatic rings. The molecule has 0 fully saturated rings. The molecule has 0 atom stereocenters. The molecule has 11 heteroatoms. The van der Waals surface area contributed by atoms with E-state index in [9.17, 15) is 8.42 Å². The van der Waals surface area contributed by atoms with Gasteiger partial charge in [0, 0.05) is 30.4 Å². The van der Waals surface area contributed by atoms with Gasteiger partial charge in [0.05, 0.1) is 28.4 Å². The predicted molar refractivity (Wildman–Crippen MR) is 131 cm³/mol. The van der Waals surface area contributed by atoms with Gasteiger partial charge in [0.15, 0.2) is 4.90 Å². The van der Waals surface area contributed by atoms with Crippen molar-refractivity contribution >= 4 is 55.8 Å². The van der Waals surface area contributed by atoms with Crippen molar-refractivity contribution in [3.05, 3.63) is 64.4 Å². The largest absolute Gasteiger partial charge is 0.480 e. The minimum absolute atomic E-state index is 0.0783. The van der Waals surface area contributed by atoms with Crippen LogP contribution in [0, 0.1) is 6.92 Å². The summed E-state index contributed by atoms with van der Waals surface area (Å²) in [6.45, 7) is 1.94. The Morgan fingerprint density at radius 1 is 1.03 bits per heavy atom. The SMILES string of the molecule is CNc1ncc2cc(-c3cccc(NS(=O)(=O)c4cc(Cl)cnc4OC)c3Cl)c(C)cc2n1. The maximum atomic E-state index is 13.1. The fourth-order valence-electron chi connectivity index (χ4n) is 3.37. The van der Waals surface area contributed by atoms with Crippen molar-refractivity contribution in [3.63, 3.8) is 0 Å². The number of aromatic nitrogens is 3. The molecule has 2 aromatic heterocycles. The Kier molecular flexibility index (Phi) is 6.29. The Morgan fingerprint density at radius 3 is 2.55 bits per heavy atom. The highest BCUT2D eigenvalue weighted by molar-refractivity contribution is 7.92. The average molecular weight is 504 g/mol. The molecular weight excluding hydrogens is 485 g/mol. The molecule has 2 aromatic carbocycles. The number of ether oxygens (including phenoxy) is 1. The zero-order chi connectivity index (χ0) is 23.8. The summed E-state index contributed by atoms with van der Waals surface area (Å²) in [7, 11) is -1.00. The minimum Gasteiger partial charge on any atom is -0.480 e. The third kappa shape index (κ3) is 4.52. The van der Waals surface area contributed by atoms with Gasteiger partial charge < -0.3 is 10.1 Å². The van der Waals surface area contributed by atoms with Crippen LogP contribution in [0.15, 0.2) is 53.7 Å². The molecule has 0 aliphatic carbocycles. The Hall–Kier alpha value is -3.14. The lowest BCUT2D eigenvalue weighted by atomic mass is 9.98. The predicted octanol–water partition coefficient (Wildman–Crippen LogP) is 5.16. The summed E-state index contributed by atoms with van der Waals surface area (Å²) in [4.78, 5) is 12.4. The Labute approximate surface area is 201 Å². The molecule has 2 N–H and O–H groups in total. The lowest BCUT2D eigenvalue weighted by molar-refractivity contribution is 0.385. The molecule has 4 rings (SSSR count). The van der Waals surface area contributed by atoms with Crippen LogP contribution in [0.1, 0.15) is 5.56 Å². The van der Waals surface area contributed by atoms with Crippen LogP contribution < -0.4 is 14.8 Å². The number of nitrogens with zero attached hydrogens (tertiary/aromatic N) is 3. The summed E-state index contributed by atoms with van der Waals surface area (Å²) in [6.07, 6.45) is 3.02. The number of aryl methyl sites for hydroxylation is 1. The smallest absolute Gasteiger partial charge is 0.267 e. The van der Waals surface area contributed by atoms with Crippen LogP contribution >= 0.6 is 23.2 Å². The van der Waals surface area contributed by atoms with Crippen LogP contribution in [0.5, 0.6) is 5.88 Å². The molecule has 2 heterocycles. The van der Waals surface area contributed by atoms with E-state index in [0.717, 1.165) is 22.0 Å². The Bertz CT molecular complexity index is 1480. The van der Waals surface area contributed by atoms with Crippen molar-refractivity contribution in [1.29, 1.82) is 0 Å². The van der Waals surface area contributed by atoms with E-state index in [1.54, 1.807) is 25.4 Å². The van der Waals surface area contributed by atoms with E-state index in [4.69, 9.17) is 27.9 Å². The van der Waals surface area contributed by atoms with Gasteiger partial charge in [-0.1, -0.05) is 35.3 Å². The topological polar surface area (TPSA) is 106 Å². The van der Waals surface area contributed by atoms with Gasteiger partial charge in [-0.15, -0.1) is 0 Å². The molecule has 0 bridgehead atoms. The monoisotopic (exact) mass is 503 g/mol. The van der Waals surface area contributed by atoms with Crippen molar-refractivity contribution < 1.29 is 13.2 Å². The number of anilines is 2. The lowest BCUT2D eigenvalue weighted by Gasteiger charge is -2.15. The average Bonchev–Trinajstić information content (AvgIpc) is 2.79. The van der Waals surface area contributed by atoms with Crippen molar-refractivity contribution in [1.82, 2.24) is 15.0 Å². The van der Waals surface area contributed by atoms with E-state index in [2.05, 4.69) is 25.0 Å². The van der Waals surface area contributed by atoms with Crippen molar-refractivity contribution in [2.45, 2.75) is 11.8 Å². The van der Waals surface area contributed by atoms with E-state index in [1.807, 2.05) is 25.1 Å². The number of hydrogen-bond acceptors (Lipinski definition) is 7. The van der Waals surface area contributed by atoms with Crippen molar-refractivity contribution in [2.24, 2.45) is 0 Å². The zero-order valence-electron chi connectivity index (χ0n) is 17.8. The van der Waals surface area contributed by atoms with Crippen LogP contribution in [0.4, 0.5) is 11.6 Å². The van der Waals surface area contributed by atoms with Crippen LogP contribution in [-0.4, -0.2) is 37.5 Å². The van der Waals surface area contributed by atoms with Gasteiger partial charge >= 0.3 is 0 Å². The summed E-state index contributed by atoms with van der Waals surface area (Å²) in [5.41, 5.74) is 3.40. The molecule has 170 valence electrons. The first-order valence-corrected chi connectivity index (χ1v) is 11.9. The third-order valence-electron chi connectivity index (χ3n) is 4.95. The number of benzene rings is 2. The number of hydrogen-bond donors (Lipinski definition) is 2. The summed E-state index contributed by atoms with van der Waals surface area (Å²) in [6, 6.07) is 10.2. The molecule has 0 spiro atoms. The van der Waals surface area contributed by atoms with Gasteiger partial charge in [0.2, 0.25) is 11.8 Å². The van der Waals surface area contributed by atoms with Crippen molar-refractivity contribution in [2.75, 3.05) is 24.2 Å². The number of halogens is 2. The molecule has 0 saturated carbocycles. The van der Waals surface area contributed by atoms with Gasteiger partial charge in [-0.25, -0.2) is 23.4 Å². The van der Waals surface area contributed by atoms with Crippen LogP contribution in [0.25, 0.3) is 22.0 Å². The second kappa shape index (κ2) is 9.01. The number of sulfonamides is 1. The Balaban J connectivity index is 1.78. The molecular formula is C22H19Cl2N5O3S. The van der Waals surface area contributed by atoms with Gasteiger partial charge in [0.1, 0.15) is 0 Å². The first-order valence-electron chi connectivity index (χ1n) is 9.70. The molecule has 0 saturated heterocycles. The highest BCUT2D eigenvalue weighted by Gasteiger charge is 2.23. The van der Waals surface area contributed by atoms with Gasteiger partial charge in [-0.05, 0) is 42.3 Å². The van der Waals surface area contributed by atoms with Crippen LogP contribution in [0.2, 0.25) is 10.0 Å². The molecule has 33 heavy (non-hydrogen) atoms. The highest BCUT2D eigenvalue weighted by Crippen LogP contribution is 2.38. The summed E-state index contributed by atoms with van der Waals surface area (Å²) >= 11 is 12.6.